The number of hydrogen-bond acceptors (Lipinski definition) is 6. The van der Waals surface area contributed by atoms with E-state index in [1.54, 1.807) is 7.11 Å². The molecule has 3 aliphatic rings. The minimum atomic E-state index is -0.514. The SMILES string of the molecule is CCOC(=O)[C@H]1CCC[C@@]2(Br)CN(C)[C@@H]3OC(c4cccc(OC)c4OC(C)C)=CC132. The molecule has 1 unspecified atom stereocenters. The van der Waals surface area contributed by atoms with Gasteiger partial charge in [-0.1, -0.05) is 28.4 Å². The van der Waals surface area contributed by atoms with Crippen LogP contribution in [-0.2, 0) is 14.3 Å². The third kappa shape index (κ3) is 3.44. The molecule has 0 amide bonds. The topological polar surface area (TPSA) is 57.2 Å². The summed E-state index contributed by atoms with van der Waals surface area (Å²) in [4.78, 5) is 15.3. The number of esters is 1. The molecule has 1 saturated heterocycles. The number of para-hydroxylation sites is 1. The Balaban J connectivity index is 1.86. The normalized spacial score (nSPS) is 32.2. The van der Waals surface area contributed by atoms with Gasteiger partial charge in [-0.2, -0.15) is 0 Å². The van der Waals surface area contributed by atoms with Gasteiger partial charge in [0, 0.05) is 6.54 Å². The quantitative estimate of drug-likeness (QED) is 0.426. The first-order chi connectivity index (χ1) is 14.8. The first-order valence-corrected chi connectivity index (χ1v) is 11.9. The fourth-order valence-corrected chi connectivity index (χ4v) is 6.85. The molecule has 4 rings (SSSR count). The molecule has 4 atom stereocenters. The van der Waals surface area contributed by atoms with Crippen molar-refractivity contribution >= 4 is 27.7 Å². The lowest BCUT2D eigenvalue weighted by atomic mass is 9.61. The molecule has 7 heteroatoms. The highest BCUT2D eigenvalue weighted by atomic mass is 79.9. The van der Waals surface area contributed by atoms with Gasteiger partial charge in [-0.3, -0.25) is 9.69 Å². The summed E-state index contributed by atoms with van der Waals surface area (Å²) in [6, 6.07) is 5.81. The van der Waals surface area contributed by atoms with Gasteiger partial charge in [0.25, 0.3) is 0 Å². The summed E-state index contributed by atoms with van der Waals surface area (Å²) < 4.78 is 23.6. The molecule has 170 valence electrons. The van der Waals surface area contributed by atoms with Crippen LogP contribution in [0, 0.1) is 11.3 Å². The van der Waals surface area contributed by atoms with Crippen molar-refractivity contribution < 1.29 is 23.7 Å². The van der Waals surface area contributed by atoms with Crippen LogP contribution in [0.25, 0.3) is 5.76 Å². The van der Waals surface area contributed by atoms with E-state index in [1.807, 2.05) is 39.0 Å². The minimum absolute atomic E-state index is 0.0189. The monoisotopic (exact) mass is 493 g/mol. The van der Waals surface area contributed by atoms with Crippen LogP contribution >= 0.6 is 15.9 Å². The molecular formula is C24H32BrNO5. The number of halogens is 1. The van der Waals surface area contributed by atoms with Crippen LogP contribution in [0.4, 0.5) is 0 Å². The Kier molecular flexibility index (Phi) is 6.03. The number of ether oxygens (including phenoxy) is 4. The molecule has 2 aliphatic heterocycles. The second-order valence-electron chi connectivity index (χ2n) is 8.99. The third-order valence-electron chi connectivity index (χ3n) is 6.72. The number of rotatable bonds is 6. The summed E-state index contributed by atoms with van der Waals surface area (Å²) in [7, 11) is 3.70. The molecule has 1 aromatic carbocycles. The maximum Gasteiger partial charge on any atom is 0.310 e. The number of methoxy groups -OCH3 is 1. The van der Waals surface area contributed by atoms with E-state index in [0.717, 1.165) is 37.1 Å². The van der Waals surface area contributed by atoms with Crippen molar-refractivity contribution in [2.24, 2.45) is 11.3 Å². The van der Waals surface area contributed by atoms with Crippen molar-refractivity contribution in [3.63, 3.8) is 0 Å². The van der Waals surface area contributed by atoms with Gasteiger partial charge in [0.05, 0.1) is 41.0 Å². The van der Waals surface area contributed by atoms with E-state index in [1.165, 1.54) is 0 Å². The number of likely N-dealkylation sites (tertiary alicyclic amines) is 1. The van der Waals surface area contributed by atoms with Crippen LogP contribution in [0.5, 0.6) is 11.5 Å². The predicted molar refractivity (Wildman–Crippen MR) is 122 cm³/mol. The average molecular weight is 494 g/mol. The van der Waals surface area contributed by atoms with Crippen molar-refractivity contribution in [2.75, 3.05) is 27.3 Å². The van der Waals surface area contributed by atoms with Crippen LogP contribution in [0.2, 0.25) is 0 Å². The highest BCUT2D eigenvalue weighted by Crippen LogP contribution is 2.65. The Morgan fingerprint density at radius 1 is 1.39 bits per heavy atom. The molecule has 1 aromatic rings. The smallest absolute Gasteiger partial charge is 0.310 e. The Morgan fingerprint density at radius 2 is 2.16 bits per heavy atom. The van der Waals surface area contributed by atoms with Gasteiger partial charge < -0.3 is 18.9 Å². The second-order valence-corrected chi connectivity index (χ2v) is 10.5. The van der Waals surface area contributed by atoms with Gasteiger partial charge >= 0.3 is 5.97 Å². The lowest BCUT2D eigenvalue weighted by molar-refractivity contribution is -0.157. The summed E-state index contributed by atoms with van der Waals surface area (Å²) in [5.74, 6) is 1.64. The van der Waals surface area contributed by atoms with Crippen LogP contribution < -0.4 is 9.47 Å². The summed E-state index contributed by atoms with van der Waals surface area (Å²) in [5.41, 5.74) is 0.327. The van der Waals surface area contributed by atoms with Crippen LogP contribution in [0.3, 0.4) is 0 Å². The summed E-state index contributed by atoms with van der Waals surface area (Å²) >= 11 is 4.08. The molecule has 31 heavy (non-hydrogen) atoms. The standard InChI is InChI=1S/C24H32BrNO5/c1-6-29-21(27)17-10-8-12-23(25)14-26(4)22-24(17,23)13-19(31-22)16-9-7-11-18(28-5)20(16)30-15(2)3/h7,9,11,13,15,17,22H,6,8,10,12,14H2,1-5H3/t17-,22-,23-,24?/m1/s1. The highest BCUT2D eigenvalue weighted by Gasteiger charge is 2.70. The fourth-order valence-electron chi connectivity index (χ4n) is 5.59. The van der Waals surface area contributed by atoms with Crippen molar-refractivity contribution in [3.8, 4) is 11.5 Å². The van der Waals surface area contributed by atoms with E-state index in [4.69, 9.17) is 18.9 Å². The summed E-state index contributed by atoms with van der Waals surface area (Å²) in [6.45, 7) is 7.02. The second kappa shape index (κ2) is 8.32. The molecule has 1 spiro atoms. The predicted octanol–water partition coefficient (Wildman–Crippen LogP) is 4.61. The molecule has 2 heterocycles. The molecule has 0 bridgehead atoms. The van der Waals surface area contributed by atoms with Gasteiger partial charge in [0.15, 0.2) is 17.7 Å². The minimum Gasteiger partial charge on any atom is -0.493 e. The van der Waals surface area contributed by atoms with Gasteiger partial charge in [-0.05, 0) is 58.9 Å². The van der Waals surface area contributed by atoms with Crippen molar-refractivity contribution in [1.82, 2.24) is 4.90 Å². The Bertz CT molecular complexity index is 887. The van der Waals surface area contributed by atoms with E-state index in [2.05, 4.69) is 34.0 Å². The number of alkyl halides is 1. The van der Waals surface area contributed by atoms with Crippen molar-refractivity contribution in [3.05, 3.63) is 29.8 Å². The van der Waals surface area contributed by atoms with E-state index < -0.39 is 5.41 Å². The maximum atomic E-state index is 13.1. The number of nitrogens with zero attached hydrogens (tertiary/aromatic N) is 1. The van der Waals surface area contributed by atoms with E-state index >= 15 is 0 Å². The van der Waals surface area contributed by atoms with Gasteiger partial charge in [0.2, 0.25) is 0 Å². The number of benzene rings is 1. The average Bonchev–Trinajstić information content (AvgIpc) is 3.20. The van der Waals surface area contributed by atoms with E-state index in [9.17, 15) is 4.79 Å². The maximum absolute atomic E-state index is 13.1. The molecule has 1 aliphatic carbocycles. The zero-order valence-electron chi connectivity index (χ0n) is 18.9. The van der Waals surface area contributed by atoms with Gasteiger partial charge in [0.1, 0.15) is 5.76 Å². The lowest BCUT2D eigenvalue weighted by Crippen LogP contribution is -2.54. The molecule has 0 N–H and O–H groups in total. The summed E-state index contributed by atoms with van der Waals surface area (Å²) in [6.07, 6.45) is 4.63. The number of carbonyl (C=O) groups excluding carboxylic acids is 1. The largest absolute Gasteiger partial charge is 0.493 e. The Labute approximate surface area is 193 Å². The highest BCUT2D eigenvalue weighted by molar-refractivity contribution is 9.10. The van der Waals surface area contributed by atoms with E-state index in [-0.39, 0.29) is 28.5 Å². The number of hydrogen-bond donors (Lipinski definition) is 0. The van der Waals surface area contributed by atoms with Crippen LogP contribution in [0.1, 0.15) is 45.6 Å². The third-order valence-corrected chi connectivity index (χ3v) is 8.06. The van der Waals surface area contributed by atoms with Crippen LogP contribution in [0.15, 0.2) is 24.3 Å². The Hall–Kier alpha value is -1.73. The molecular weight excluding hydrogens is 462 g/mol. The molecule has 6 nitrogen and oxygen atoms in total. The lowest BCUT2D eigenvalue weighted by Gasteiger charge is -2.47. The molecule has 2 fully saturated rings. The first kappa shape index (κ1) is 22.5. The zero-order valence-corrected chi connectivity index (χ0v) is 20.5. The van der Waals surface area contributed by atoms with E-state index in [0.29, 0.717) is 18.1 Å². The van der Waals surface area contributed by atoms with Crippen LogP contribution in [-0.4, -0.2) is 54.8 Å². The Morgan fingerprint density at radius 3 is 2.84 bits per heavy atom. The molecule has 0 radical (unpaired) electrons. The molecule has 0 aromatic heterocycles. The van der Waals surface area contributed by atoms with Gasteiger partial charge in [-0.25, -0.2) is 0 Å². The van der Waals surface area contributed by atoms with Crippen molar-refractivity contribution in [1.29, 1.82) is 0 Å². The van der Waals surface area contributed by atoms with Gasteiger partial charge in [-0.15, -0.1) is 0 Å². The summed E-state index contributed by atoms with van der Waals surface area (Å²) in [5, 5.41) is 0. The zero-order chi connectivity index (χ0) is 22.4. The fraction of sp³-hybridized carbons (Fsp3) is 0.625. The first-order valence-electron chi connectivity index (χ1n) is 11.1. The molecule has 1 saturated carbocycles. The number of carbonyl (C=O) groups is 1. The van der Waals surface area contributed by atoms with Crippen molar-refractivity contribution in [2.45, 2.75) is 56.7 Å².